The zero-order chi connectivity index (χ0) is 23.9. The number of rotatable bonds is 5. The van der Waals surface area contributed by atoms with E-state index in [1.54, 1.807) is 24.3 Å². The molecule has 2 aromatic carbocycles. The Morgan fingerprint density at radius 3 is 2.76 bits per heavy atom. The Kier molecular flexibility index (Phi) is 5.83. The molecule has 2 aliphatic carbocycles. The number of ether oxygens (including phenoxy) is 3. The van der Waals surface area contributed by atoms with E-state index < -0.39 is 17.4 Å². The standard InChI is InChI=1S/C27H25F2NO4/c1-27(2)33-15-21(34-27)14-32-20-7-9-23-17(12-20)4-3-16-11-19(6-8-22(16)26(23)31)30-25-10-5-18(28)13-24(25)29/h3,5-10,12-13,21,30H,4,11,14-15H2,1-2H3/t21-/m0/s1. The number of hydrogen-bond donors (Lipinski definition) is 1. The van der Waals surface area contributed by atoms with Gasteiger partial charge < -0.3 is 19.5 Å². The molecule has 0 saturated carbocycles. The summed E-state index contributed by atoms with van der Waals surface area (Å²) in [4.78, 5) is 13.2. The van der Waals surface area contributed by atoms with E-state index in [9.17, 15) is 13.6 Å². The Labute approximate surface area is 196 Å². The molecule has 176 valence electrons. The first-order chi connectivity index (χ1) is 16.3. The molecule has 1 atom stereocenters. The zero-order valence-corrected chi connectivity index (χ0v) is 19.0. The number of hydrogen-bond acceptors (Lipinski definition) is 5. The van der Waals surface area contributed by atoms with E-state index >= 15 is 0 Å². The van der Waals surface area contributed by atoms with E-state index in [0.29, 0.717) is 42.9 Å². The fourth-order valence-corrected chi connectivity index (χ4v) is 4.37. The average Bonchev–Trinajstić information content (AvgIpc) is 3.09. The Morgan fingerprint density at radius 2 is 2.00 bits per heavy atom. The second-order valence-corrected chi connectivity index (χ2v) is 9.04. The fraction of sp³-hybridized carbons (Fsp3) is 0.296. The van der Waals surface area contributed by atoms with Crippen LogP contribution >= 0.6 is 0 Å². The first-order valence-electron chi connectivity index (χ1n) is 11.2. The minimum absolute atomic E-state index is 0.0529. The molecule has 1 heterocycles. The van der Waals surface area contributed by atoms with Crippen molar-refractivity contribution in [1.29, 1.82) is 0 Å². The molecule has 34 heavy (non-hydrogen) atoms. The normalized spacial score (nSPS) is 21.0. The Morgan fingerprint density at radius 1 is 1.15 bits per heavy atom. The van der Waals surface area contributed by atoms with Crippen LogP contribution < -0.4 is 10.1 Å². The largest absolute Gasteiger partial charge is 0.491 e. The molecule has 0 spiro atoms. The smallest absolute Gasteiger partial charge is 0.193 e. The molecule has 1 N–H and O–H groups in total. The second-order valence-electron chi connectivity index (χ2n) is 9.04. The van der Waals surface area contributed by atoms with Gasteiger partial charge in [0.25, 0.3) is 0 Å². The maximum atomic E-state index is 14.0. The molecule has 3 aliphatic rings. The van der Waals surface area contributed by atoms with E-state index in [1.165, 1.54) is 12.1 Å². The highest BCUT2D eigenvalue weighted by Gasteiger charge is 2.33. The quantitative estimate of drug-likeness (QED) is 0.633. The van der Waals surface area contributed by atoms with E-state index in [1.807, 2.05) is 26.0 Å². The number of carbonyl (C=O) groups is 1. The van der Waals surface area contributed by atoms with Crippen molar-refractivity contribution in [1.82, 2.24) is 0 Å². The van der Waals surface area contributed by atoms with Gasteiger partial charge in [-0.1, -0.05) is 6.08 Å². The van der Waals surface area contributed by atoms with Crippen LogP contribution in [0, 0.1) is 11.6 Å². The van der Waals surface area contributed by atoms with Crippen LogP contribution in [0.2, 0.25) is 0 Å². The number of Topliss-reactive ketones (excluding diaryl/α,β-unsaturated/α-hetero) is 1. The van der Waals surface area contributed by atoms with Crippen molar-refractivity contribution in [3.63, 3.8) is 0 Å². The molecule has 0 radical (unpaired) electrons. The number of fused-ring (bicyclic) bond motifs is 2. The van der Waals surface area contributed by atoms with Crippen LogP contribution in [-0.2, 0) is 15.9 Å². The van der Waals surface area contributed by atoms with Gasteiger partial charge in [0, 0.05) is 29.3 Å². The molecular formula is C27H25F2NO4. The van der Waals surface area contributed by atoms with E-state index in [4.69, 9.17) is 14.2 Å². The van der Waals surface area contributed by atoms with Crippen molar-refractivity contribution in [3.05, 3.63) is 94.2 Å². The van der Waals surface area contributed by atoms with Crippen LogP contribution in [0.5, 0.6) is 5.75 Å². The van der Waals surface area contributed by atoms with Gasteiger partial charge in [-0.3, -0.25) is 4.79 Å². The van der Waals surface area contributed by atoms with Crippen LogP contribution in [0.4, 0.5) is 14.5 Å². The lowest BCUT2D eigenvalue weighted by Crippen LogP contribution is -2.25. The van der Waals surface area contributed by atoms with Gasteiger partial charge >= 0.3 is 0 Å². The van der Waals surface area contributed by atoms with E-state index in [0.717, 1.165) is 22.9 Å². The molecule has 1 aliphatic heterocycles. The van der Waals surface area contributed by atoms with Crippen LogP contribution in [0.25, 0.3) is 0 Å². The minimum atomic E-state index is -0.667. The number of carbonyl (C=O) groups excluding carboxylic acids is 1. The molecule has 5 rings (SSSR count). The van der Waals surface area contributed by atoms with E-state index in [-0.39, 0.29) is 17.6 Å². The third-order valence-corrected chi connectivity index (χ3v) is 6.04. The molecule has 0 aromatic heterocycles. The predicted molar refractivity (Wildman–Crippen MR) is 124 cm³/mol. The maximum absolute atomic E-state index is 14.0. The molecule has 5 nitrogen and oxygen atoms in total. The highest BCUT2D eigenvalue weighted by atomic mass is 19.1. The lowest BCUT2D eigenvalue weighted by molar-refractivity contribution is -0.141. The minimum Gasteiger partial charge on any atom is -0.491 e. The summed E-state index contributed by atoms with van der Waals surface area (Å²) in [7, 11) is 0. The van der Waals surface area contributed by atoms with E-state index in [2.05, 4.69) is 5.32 Å². The zero-order valence-electron chi connectivity index (χ0n) is 19.0. The first-order valence-corrected chi connectivity index (χ1v) is 11.2. The summed E-state index contributed by atoms with van der Waals surface area (Å²) in [6.07, 6.45) is 6.40. The van der Waals surface area contributed by atoms with Crippen molar-refractivity contribution in [3.8, 4) is 5.75 Å². The summed E-state index contributed by atoms with van der Waals surface area (Å²) < 4.78 is 44.5. The van der Waals surface area contributed by atoms with Gasteiger partial charge in [-0.2, -0.15) is 0 Å². The van der Waals surface area contributed by atoms with Crippen molar-refractivity contribution < 1.29 is 27.8 Å². The molecule has 1 saturated heterocycles. The Bertz CT molecular complexity index is 1250. The van der Waals surface area contributed by atoms with Gasteiger partial charge in [-0.05, 0) is 73.9 Å². The molecule has 1 fully saturated rings. The summed E-state index contributed by atoms with van der Waals surface area (Å²) in [5.41, 5.74) is 3.93. The third kappa shape index (κ3) is 4.67. The SMILES string of the molecule is CC1(C)OC[C@H](COc2ccc3c(c2)CC=C2CC(Nc4ccc(F)cc4F)=CC=C2C3=O)O1. The van der Waals surface area contributed by atoms with Crippen LogP contribution in [0.1, 0.15) is 36.2 Å². The number of benzene rings is 2. The highest BCUT2D eigenvalue weighted by Crippen LogP contribution is 2.34. The maximum Gasteiger partial charge on any atom is 0.193 e. The van der Waals surface area contributed by atoms with Gasteiger partial charge in [0.15, 0.2) is 11.6 Å². The number of anilines is 1. The summed E-state index contributed by atoms with van der Waals surface area (Å²) in [5.74, 6) is -1.28. The third-order valence-electron chi connectivity index (χ3n) is 6.04. The Balaban J connectivity index is 1.30. The van der Waals surface area contributed by atoms with Gasteiger partial charge in [-0.15, -0.1) is 0 Å². The highest BCUT2D eigenvalue weighted by molar-refractivity contribution is 6.13. The van der Waals surface area contributed by atoms with Crippen molar-refractivity contribution in [2.24, 2.45) is 0 Å². The number of halogens is 2. The summed E-state index contributed by atoms with van der Waals surface area (Å²) in [6, 6.07) is 8.89. The molecule has 7 heteroatoms. The summed E-state index contributed by atoms with van der Waals surface area (Å²) in [6.45, 7) is 4.58. The van der Waals surface area contributed by atoms with Crippen molar-refractivity contribution in [2.45, 2.75) is 38.6 Å². The lowest BCUT2D eigenvalue weighted by Gasteiger charge is -2.19. The molecule has 0 unspecified atom stereocenters. The topological polar surface area (TPSA) is 56.8 Å². The number of ketones is 1. The predicted octanol–water partition coefficient (Wildman–Crippen LogP) is 5.49. The summed E-state index contributed by atoms with van der Waals surface area (Å²) >= 11 is 0. The van der Waals surface area contributed by atoms with Crippen LogP contribution in [0.15, 0.2) is 71.5 Å². The number of allylic oxidation sites excluding steroid dienone is 5. The first kappa shape index (κ1) is 22.5. The van der Waals surface area contributed by atoms with Gasteiger partial charge in [0.05, 0.1) is 12.3 Å². The lowest BCUT2D eigenvalue weighted by atomic mass is 9.91. The molecular weight excluding hydrogens is 440 g/mol. The Hall–Kier alpha value is -3.29. The summed E-state index contributed by atoms with van der Waals surface area (Å²) in [5, 5.41) is 3.00. The van der Waals surface area contributed by atoms with Gasteiger partial charge in [0.2, 0.25) is 0 Å². The van der Waals surface area contributed by atoms with Crippen LogP contribution in [-0.4, -0.2) is 30.9 Å². The molecule has 0 amide bonds. The van der Waals surface area contributed by atoms with Gasteiger partial charge in [0.1, 0.15) is 30.1 Å². The monoisotopic (exact) mass is 465 g/mol. The second kappa shape index (κ2) is 8.81. The van der Waals surface area contributed by atoms with Crippen molar-refractivity contribution >= 4 is 11.5 Å². The average molecular weight is 465 g/mol. The molecule has 0 bridgehead atoms. The number of nitrogens with one attached hydrogen (secondary N) is 1. The van der Waals surface area contributed by atoms with Gasteiger partial charge in [-0.25, -0.2) is 8.78 Å². The van der Waals surface area contributed by atoms with Crippen molar-refractivity contribution in [2.75, 3.05) is 18.5 Å². The fourth-order valence-electron chi connectivity index (χ4n) is 4.37. The van der Waals surface area contributed by atoms with Crippen LogP contribution in [0.3, 0.4) is 0 Å². The molecule has 2 aromatic rings.